The number of benzene rings is 2. The van der Waals surface area contributed by atoms with E-state index in [0.717, 1.165) is 11.3 Å². The zero-order valence-corrected chi connectivity index (χ0v) is 25.5. The number of carbonyl (C=O) groups excluding carboxylic acids is 4. The Morgan fingerprint density at radius 3 is 2.24 bits per heavy atom. The molecule has 3 amide bonds. The van der Waals surface area contributed by atoms with Gasteiger partial charge in [0.05, 0.1) is 24.0 Å². The number of Topliss-reactive ketones (excluding diaryl/α,β-unsaturated/α-hetero) is 1. The van der Waals surface area contributed by atoms with Gasteiger partial charge in [0, 0.05) is 31.9 Å². The van der Waals surface area contributed by atoms with Gasteiger partial charge in [0.2, 0.25) is 21.8 Å². The molecule has 0 bridgehead atoms. The van der Waals surface area contributed by atoms with Crippen molar-refractivity contribution in [3.05, 3.63) is 59.7 Å². The van der Waals surface area contributed by atoms with E-state index in [4.69, 9.17) is 0 Å². The molecule has 2 aromatic rings. The summed E-state index contributed by atoms with van der Waals surface area (Å²) < 4.78 is 27.6. The fourth-order valence-electron chi connectivity index (χ4n) is 5.49. The highest BCUT2D eigenvalue weighted by Crippen LogP contribution is 2.31. The van der Waals surface area contributed by atoms with E-state index in [2.05, 4.69) is 10.0 Å². The second-order valence-electron chi connectivity index (χ2n) is 11.6. The molecule has 4 rings (SSSR count). The lowest BCUT2D eigenvalue weighted by Gasteiger charge is -2.29. The maximum absolute atomic E-state index is 13.8. The number of hydrogen-bond donors (Lipinski definition) is 2. The number of sulfonamides is 1. The van der Waals surface area contributed by atoms with Gasteiger partial charge in [-0.3, -0.25) is 19.2 Å². The lowest BCUT2D eigenvalue weighted by Crippen LogP contribution is -2.53. The minimum atomic E-state index is -3.92. The van der Waals surface area contributed by atoms with Gasteiger partial charge >= 0.3 is 0 Å². The molecule has 0 radical (unpaired) electrons. The highest BCUT2D eigenvalue weighted by atomic mass is 32.2. The van der Waals surface area contributed by atoms with Crippen LogP contribution in [0.25, 0.3) is 0 Å². The normalized spacial score (nSPS) is 19.1. The number of carbonyl (C=O) groups is 4. The number of nitrogens with one attached hydrogen (secondary N) is 2. The number of anilines is 1. The third-order valence-electron chi connectivity index (χ3n) is 7.73. The molecule has 2 saturated heterocycles. The molecular weight excluding hydrogens is 558 g/mol. The Hall–Kier alpha value is -3.77. The molecule has 2 aliphatic heterocycles. The Labute approximate surface area is 247 Å². The molecular formula is C30H39N5O6S. The van der Waals surface area contributed by atoms with E-state index < -0.39 is 40.6 Å². The molecule has 0 aliphatic carbocycles. The Bertz CT molecular complexity index is 1440. The molecule has 12 heteroatoms. The molecule has 226 valence electrons. The van der Waals surface area contributed by atoms with Gasteiger partial charge in [-0.25, -0.2) is 13.1 Å². The number of rotatable bonds is 10. The monoisotopic (exact) mass is 597 g/mol. The molecule has 42 heavy (non-hydrogen) atoms. The molecule has 0 spiro atoms. The average molecular weight is 598 g/mol. The third kappa shape index (κ3) is 6.81. The summed E-state index contributed by atoms with van der Waals surface area (Å²) in [5.74, 6) is -1.47. The van der Waals surface area contributed by atoms with E-state index in [1.165, 1.54) is 21.9 Å². The van der Waals surface area contributed by atoms with Crippen LogP contribution in [0, 0.1) is 12.8 Å². The van der Waals surface area contributed by atoms with Crippen LogP contribution < -0.4 is 14.9 Å². The second kappa shape index (κ2) is 12.6. The van der Waals surface area contributed by atoms with E-state index >= 15 is 0 Å². The first-order valence-corrected chi connectivity index (χ1v) is 15.5. The Kier molecular flexibility index (Phi) is 9.37. The number of aryl methyl sites for hydroxylation is 1. The first-order chi connectivity index (χ1) is 19.8. The predicted molar refractivity (Wildman–Crippen MR) is 158 cm³/mol. The summed E-state index contributed by atoms with van der Waals surface area (Å²) in [6, 6.07) is 11.1. The minimum Gasteiger partial charge on any atom is -0.378 e. The van der Waals surface area contributed by atoms with E-state index in [-0.39, 0.29) is 41.5 Å². The summed E-state index contributed by atoms with van der Waals surface area (Å²) in [7, 11) is -0.112. The van der Waals surface area contributed by atoms with Crippen molar-refractivity contribution in [3.63, 3.8) is 0 Å². The van der Waals surface area contributed by atoms with Crippen molar-refractivity contribution < 1.29 is 27.6 Å². The van der Waals surface area contributed by atoms with Crippen molar-refractivity contribution in [2.45, 2.75) is 56.6 Å². The second-order valence-corrected chi connectivity index (χ2v) is 13.3. The first-order valence-electron chi connectivity index (χ1n) is 14.1. The minimum absolute atomic E-state index is 0.0424. The standard InChI is InChI=1S/C30H39N5O6S/c1-19(2)16-24(32-29(38)21-8-10-22(11-9-21)33(4)5)30(39)34-15-14-25-28(34)26(36)18-35(25)27(37)17-31-42(40,41)23-12-6-20(3)7-13-23/h6-13,19,24-25,28,31H,14-18H2,1-5H3,(H,32,38)/t24-,25+,28-/m0/s1. The van der Waals surface area contributed by atoms with Gasteiger partial charge in [-0.15, -0.1) is 0 Å². The summed E-state index contributed by atoms with van der Waals surface area (Å²) in [6.45, 7) is 5.28. The molecule has 0 unspecified atom stereocenters. The Morgan fingerprint density at radius 2 is 1.64 bits per heavy atom. The molecule has 3 atom stereocenters. The SMILES string of the molecule is Cc1ccc(S(=O)(=O)NCC(=O)N2CC(=O)[C@@H]3[C@H]2CCN3C(=O)[C@H](CC(C)C)NC(=O)c2ccc(N(C)C)cc2)cc1. The zero-order valence-electron chi connectivity index (χ0n) is 24.7. The van der Waals surface area contributed by atoms with Crippen molar-refractivity contribution in [3.8, 4) is 0 Å². The molecule has 2 N–H and O–H groups in total. The summed E-state index contributed by atoms with van der Waals surface area (Å²) in [5.41, 5.74) is 2.26. The van der Waals surface area contributed by atoms with Crippen LogP contribution in [0.15, 0.2) is 53.4 Å². The Morgan fingerprint density at radius 1 is 1.00 bits per heavy atom. The predicted octanol–water partition coefficient (Wildman–Crippen LogP) is 1.56. The van der Waals surface area contributed by atoms with Crippen LogP contribution in [-0.2, 0) is 24.4 Å². The quantitative estimate of drug-likeness (QED) is 0.424. The smallest absolute Gasteiger partial charge is 0.251 e. The van der Waals surface area contributed by atoms with Crippen molar-refractivity contribution in [2.75, 3.05) is 38.6 Å². The number of nitrogens with zero attached hydrogens (tertiary/aromatic N) is 3. The molecule has 2 aliphatic rings. The van der Waals surface area contributed by atoms with Gasteiger partial charge in [0.25, 0.3) is 5.91 Å². The lowest BCUT2D eigenvalue weighted by molar-refractivity contribution is -0.138. The van der Waals surface area contributed by atoms with Crippen molar-refractivity contribution in [2.24, 2.45) is 5.92 Å². The summed E-state index contributed by atoms with van der Waals surface area (Å²) >= 11 is 0. The summed E-state index contributed by atoms with van der Waals surface area (Å²) in [5, 5.41) is 2.86. The fourth-order valence-corrected chi connectivity index (χ4v) is 6.47. The number of amides is 3. The van der Waals surface area contributed by atoms with Gasteiger partial charge in [0.1, 0.15) is 12.1 Å². The Balaban J connectivity index is 1.43. The number of ketones is 1. The lowest BCUT2D eigenvalue weighted by atomic mass is 10.0. The maximum Gasteiger partial charge on any atom is 0.251 e. The van der Waals surface area contributed by atoms with Gasteiger partial charge in [-0.1, -0.05) is 31.5 Å². The highest BCUT2D eigenvalue weighted by molar-refractivity contribution is 7.89. The third-order valence-corrected chi connectivity index (χ3v) is 9.14. The van der Waals surface area contributed by atoms with Gasteiger partial charge in [0.15, 0.2) is 5.78 Å². The van der Waals surface area contributed by atoms with E-state index in [9.17, 15) is 27.6 Å². The molecule has 0 aromatic heterocycles. The number of fused-ring (bicyclic) bond motifs is 1. The van der Waals surface area contributed by atoms with Gasteiger partial charge in [-0.05, 0) is 62.1 Å². The van der Waals surface area contributed by atoms with E-state index in [1.54, 1.807) is 24.3 Å². The van der Waals surface area contributed by atoms with Crippen LogP contribution in [0.5, 0.6) is 0 Å². The molecule has 2 fully saturated rings. The fraction of sp³-hybridized carbons (Fsp3) is 0.467. The molecule has 2 heterocycles. The largest absolute Gasteiger partial charge is 0.378 e. The highest BCUT2D eigenvalue weighted by Gasteiger charge is 2.52. The number of likely N-dealkylation sites (tertiary alicyclic amines) is 2. The van der Waals surface area contributed by atoms with Crippen LogP contribution in [0.3, 0.4) is 0 Å². The molecule has 0 saturated carbocycles. The topological polar surface area (TPSA) is 136 Å². The van der Waals surface area contributed by atoms with E-state index in [0.29, 0.717) is 18.4 Å². The van der Waals surface area contributed by atoms with Crippen LogP contribution in [0.1, 0.15) is 42.6 Å². The average Bonchev–Trinajstić information content (AvgIpc) is 3.52. The maximum atomic E-state index is 13.8. The van der Waals surface area contributed by atoms with Crippen LogP contribution in [-0.4, -0.2) is 93.6 Å². The van der Waals surface area contributed by atoms with Crippen molar-refractivity contribution in [1.82, 2.24) is 19.8 Å². The van der Waals surface area contributed by atoms with Crippen molar-refractivity contribution >= 4 is 39.2 Å². The summed E-state index contributed by atoms with van der Waals surface area (Å²) in [4.78, 5) is 57.8. The van der Waals surface area contributed by atoms with Crippen molar-refractivity contribution in [1.29, 1.82) is 0 Å². The van der Waals surface area contributed by atoms with Gasteiger partial charge in [-0.2, -0.15) is 0 Å². The van der Waals surface area contributed by atoms with Crippen LogP contribution in [0.2, 0.25) is 0 Å². The van der Waals surface area contributed by atoms with Crippen LogP contribution >= 0.6 is 0 Å². The zero-order chi connectivity index (χ0) is 30.8. The summed E-state index contributed by atoms with van der Waals surface area (Å²) in [6.07, 6.45) is 0.763. The molecule has 2 aromatic carbocycles. The van der Waals surface area contributed by atoms with E-state index in [1.807, 2.05) is 51.9 Å². The number of hydrogen-bond acceptors (Lipinski definition) is 7. The molecule has 11 nitrogen and oxygen atoms in total. The van der Waals surface area contributed by atoms with Gasteiger partial charge < -0.3 is 20.0 Å². The van der Waals surface area contributed by atoms with Crippen LogP contribution in [0.4, 0.5) is 5.69 Å². The first kappa shape index (κ1) is 31.2.